The third-order valence-corrected chi connectivity index (χ3v) is 2.68. The van der Waals surface area contributed by atoms with Gasteiger partial charge in [-0.25, -0.2) is 4.98 Å². The number of nitro groups is 1. The Morgan fingerprint density at radius 1 is 1.37 bits per heavy atom. The number of aryl methyl sites for hydroxylation is 1. The molecule has 0 unspecified atom stereocenters. The molecule has 0 aliphatic heterocycles. The van der Waals surface area contributed by atoms with Crippen LogP contribution >= 0.6 is 0 Å². The zero-order valence-corrected chi connectivity index (χ0v) is 10.3. The molecule has 2 rings (SSSR count). The molecule has 0 radical (unpaired) electrons. The van der Waals surface area contributed by atoms with E-state index in [0.29, 0.717) is 17.9 Å². The summed E-state index contributed by atoms with van der Waals surface area (Å²) in [5, 5.41) is 23.0. The van der Waals surface area contributed by atoms with Gasteiger partial charge in [0, 0.05) is 18.3 Å². The molecule has 0 aliphatic rings. The zero-order chi connectivity index (χ0) is 13.8. The van der Waals surface area contributed by atoms with E-state index >= 15 is 0 Å². The second-order valence-corrected chi connectivity index (χ2v) is 4.13. The topological polar surface area (TPSA) is 88.3 Å². The molecule has 1 aromatic heterocycles. The van der Waals surface area contributed by atoms with Gasteiger partial charge in [0.05, 0.1) is 11.0 Å². The van der Waals surface area contributed by atoms with Gasteiger partial charge in [0.25, 0.3) is 5.69 Å². The first kappa shape index (κ1) is 12.8. The summed E-state index contributed by atoms with van der Waals surface area (Å²) < 4.78 is 0. The molecule has 6 heteroatoms. The van der Waals surface area contributed by atoms with E-state index in [2.05, 4.69) is 10.3 Å². The van der Waals surface area contributed by atoms with Crippen LogP contribution in [0.15, 0.2) is 36.5 Å². The molecule has 0 amide bonds. The second-order valence-electron chi connectivity index (χ2n) is 4.13. The average molecular weight is 259 g/mol. The van der Waals surface area contributed by atoms with Gasteiger partial charge >= 0.3 is 0 Å². The fraction of sp³-hybridized carbons (Fsp3) is 0.154. The second kappa shape index (κ2) is 5.34. The normalized spacial score (nSPS) is 10.2. The van der Waals surface area contributed by atoms with Crippen molar-refractivity contribution in [1.29, 1.82) is 0 Å². The van der Waals surface area contributed by atoms with Gasteiger partial charge in [-0.1, -0.05) is 12.1 Å². The molecule has 0 saturated heterocycles. The lowest BCUT2D eigenvalue weighted by atomic mass is 10.2. The Kier molecular flexibility index (Phi) is 3.61. The standard InChI is InChI=1S/C13H13N3O3/c1-9-7-14-13(6-12(9)16(18)19)15-8-10-2-4-11(17)5-3-10/h2-7,17H,8H2,1H3,(H,14,15). The Morgan fingerprint density at radius 2 is 2.05 bits per heavy atom. The van der Waals surface area contributed by atoms with Crippen LogP contribution in [0.3, 0.4) is 0 Å². The number of hydrogen-bond acceptors (Lipinski definition) is 5. The quantitative estimate of drug-likeness (QED) is 0.650. The van der Waals surface area contributed by atoms with Crippen molar-refractivity contribution in [2.75, 3.05) is 5.32 Å². The average Bonchev–Trinajstić information content (AvgIpc) is 2.39. The van der Waals surface area contributed by atoms with Crippen molar-refractivity contribution in [2.24, 2.45) is 0 Å². The van der Waals surface area contributed by atoms with E-state index in [0.717, 1.165) is 5.56 Å². The van der Waals surface area contributed by atoms with E-state index in [1.54, 1.807) is 31.2 Å². The lowest BCUT2D eigenvalue weighted by Crippen LogP contribution is -2.02. The van der Waals surface area contributed by atoms with Crippen LogP contribution in [-0.4, -0.2) is 15.0 Å². The summed E-state index contributed by atoms with van der Waals surface area (Å²) in [6, 6.07) is 8.12. The predicted molar refractivity (Wildman–Crippen MR) is 71.1 cm³/mol. The number of phenols is 1. The minimum atomic E-state index is -0.428. The molecule has 2 N–H and O–H groups in total. The lowest BCUT2D eigenvalue weighted by molar-refractivity contribution is -0.385. The summed E-state index contributed by atoms with van der Waals surface area (Å²) in [4.78, 5) is 14.5. The summed E-state index contributed by atoms with van der Waals surface area (Å²) in [5.41, 5.74) is 1.52. The van der Waals surface area contributed by atoms with Crippen LogP contribution in [0.2, 0.25) is 0 Å². The van der Waals surface area contributed by atoms with E-state index in [1.807, 2.05) is 0 Å². The van der Waals surface area contributed by atoms with E-state index in [9.17, 15) is 10.1 Å². The highest BCUT2D eigenvalue weighted by molar-refractivity contribution is 5.49. The first-order valence-corrected chi connectivity index (χ1v) is 5.69. The van der Waals surface area contributed by atoms with Crippen LogP contribution in [0, 0.1) is 17.0 Å². The van der Waals surface area contributed by atoms with Crippen LogP contribution in [0.25, 0.3) is 0 Å². The molecule has 0 atom stereocenters. The molecule has 0 spiro atoms. The Labute approximate surface area is 109 Å². The molecule has 0 saturated carbocycles. The van der Waals surface area contributed by atoms with Crippen LogP contribution < -0.4 is 5.32 Å². The highest BCUT2D eigenvalue weighted by Crippen LogP contribution is 2.20. The van der Waals surface area contributed by atoms with Crippen molar-refractivity contribution < 1.29 is 10.0 Å². The number of anilines is 1. The fourth-order valence-electron chi connectivity index (χ4n) is 1.61. The molecule has 2 aromatic rings. The Bertz CT molecular complexity index is 597. The molecular weight excluding hydrogens is 246 g/mol. The van der Waals surface area contributed by atoms with Crippen molar-refractivity contribution in [2.45, 2.75) is 13.5 Å². The van der Waals surface area contributed by atoms with Gasteiger partial charge in [0.1, 0.15) is 11.6 Å². The first-order chi connectivity index (χ1) is 9.06. The van der Waals surface area contributed by atoms with Crippen LogP contribution in [0.1, 0.15) is 11.1 Å². The number of pyridine rings is 1. The first-order valence-electron chi connectivity index (χ1n) is 5.69. The fourth-order valence-corrected chi connectivity index (χ4v) is 1.61. The predicted octanol–water partition coefficient (Wildman–Crippen LogP) is 2.62. The largest absolute Gasteiger partial charge is 0.508 e. The molecule has 0 fully saturated rings. The molecule has 0 aliphatic carbocycles. The summed E-state index contributed by atoms with van der Waals surface area (Å²) in [6.45, 7) is 2.13. The number of phenolic OH excluding ortho intramolecular Hbond substituents is 1. The highest BCUT2D eigenvalue weighted by Gasteiger charge is 2.11. The van der Waals surface area contributed by atoms with Crippen LogP contribution in [0.4, 0.5) is 11.5 Å². The SMILES string of the molecule is Cc1cnc(NCc2ccc(O)cc2)cc1[N+](=O)[O-]. The van der Waals surface area contributed by atoms with Crippen molar-refractivity contribution in [1.82, 2.24) is 4.98 Å². The van der Waals surface area contributed by atoms with Crippen molar-refractivity contribution in [3.05, 3.63) is 57.8 Å². The number of rotatable bonds is 4. The molecule has 19 heavy (non-hydrogen) atoms. The molecule has 98 valence electrons. The van der Waals surface area contributed by atoms with Crippen LogP contribution in [0.5, 0.6) is 5.75 Å². The zero-order valence-electron chi connectivity index (χ0n) is 10.3. The molecule has 1 aromatic carbocycles. The summed E-state index contributed by atoms with van der Waals surface area (Å²) in [6.07, 6.45) is 1.47. The van der Waals surface area contributed by atoms with Gasteiger partial charge in [-0.05, 0) is 24.6 Å². The number of nitrogens with zero attached hydrogens (tertiary/aromatic N) is 2. The van der Waals surface area contributed by atoms with Crippen molar-refractivity contribution in [3.8, 4) is 5.75 Å². The third kappa shape index (κ3) is 3.19. The number of nitrogens with one attached hydrogen (secondary N) is 1. The molecular formula is C13H13N3O3. The van der Waals surface area contributed by atoms with Gasteiger partial charge in [0.2, 0.25) is 0 Å². The van der Waals surface area contributed by atoms with Gasteiger partial charge < -0.3 is 10.4 Å². The molecule has 0 bridgehead atoms. The summed E-state index contributed by atoms with van der Waals surface area (Å²) in [5.74, 6) is 0.651. The van der Waals surface area contributed by atoms with Crippen LogP contribution in [-0.2, 0) is 6.54 Å². The molecule has 6 nitrogen and oxygen atoms in total. The Balaban J connectivity index is 2.09. The monoisotopic (exact) mass is 259 g/mol. The molecule has 1 heterocycles. The summed E-state index contributed by atoms with van der Waals surface area (Å²) >= 11 is 0. The minimum Gasteiger partial charge on any atom is -0.508 e. The number of benzene rings is 1. The Hall–Kier alpha value is -2.63. The maximum absolute atomic E-state index is 10.8. The third-order valence-electron chi connectivity index (χ3n) is 2.68. The maximum atomic E-state index is 10.8. The Morgan fingerprint density at radius 3 is 2.68 bits per heavy atom. The van der Waals surface area contributed by atoms with E-state index in [-0.39, 0.29) is 11.4 Å². The number of hydrogen-bond donors (Lipinski definition) is 2. The smallest absolute Gasteiger partial charge is 0.277 e. The highest BCUT2D eigenvalue weighted by atomic mass is 16.6. The van der Waals surface area contributed by atoms with Gasteiger partial charge in [-0.3, -0.25) is 10.1 Å². The lowest BCUT2D eigenvalue weighted by Gasteiger charge is -2.06. The van der Waals surface area contributed by atoms with E-state index in [1.165, 1.54) is 12.3 Å². The number of aromatic nitrogens is 1. The van der Waals surface area contributed by atoms with Gasteiger partial charge in [0.15, 0.2) is 0 Å². The van der Waals surface area contributed by atoms with Gasteiger partial charge in [-0.2, -0.15) is 0 Å². The minimum absolute atomic E-state index is 0.0446. The van der Waals surface area contributed by atoms with Crippen molar-refractivity contribution in [3.63, 3.8) is 0 Å². The van der Waals surface area contributed by atoms with E-state index in [4.69, 9.17) is 5.11 Å². The summed E-state index contributed by atoms with van der Waals surface area (Å²) in [7, 11) is 0. The van der Waals surface area contributed by atoms with Crippen molar-refractivity contribution >= 4 is 11.5 Å². The number of aromatic hydroxyl groups is 1. The van der Waals surface area contributed by atoms with E-state index < -0.39 is 4.92 Å². The maximum Gasteiger partial charge on any atom is 0.277 e. The van der Waals surface area contributed by atoms with Gasteiger partial charge in [-0.15, -0.1) is 0 Å².